The molecule has 16 heteroatoms. The Kier molecular flexibility index (Phi) is 15.5. The van der Waals surface area contributed by atoms with E-state index in [-0.39, 0.29) is 63.5 Å². The van der Waals surface area contributed by atoms with Gasteiger partial charge in [0.2, 0.25) is 0 Å². The van der Waals surface area contributed by atoms with Crippen LogP contribution in [0, 0.1) is 0 Å². The molecule has 0 N–H and O–H groups in total. The van der Waals surface area contributed by atoms with Gasteiger partial charge in [-0.25, -0.2) is 0 Å². The fourth-order valence-electron chi connectivity index (χ4n) is 10.1. The first-order valence-corrected chi connectivity index (χ1v) is 23.0. The van der Waals surface area contributed by atoms with Crippen LogP contribution in [0.1, 0.15) is 145 Å². The average molecular weight is 991 g/mol. The molecule has 1 heterocycles. The summed E-state index contributed by atoms with van der Waals surface area (Å²) >= 11 is 0. The van der Waals surface area contributed by atoms with Gasteiger partial charge >= 0.3 is 24.7 Å². The van der Waals surface area contributed by atoms with E-state index in [1.54, 1.807) is 60.8 Å². The smallest absolute Gasteiger partial charge is 0.416 e. The van der Waals surface area contributed by atoms with Gasteiger partial charge in [0, 0.05) is 40.5 Å². The molecule has 69 heavy (non-hydrogen) atoms. The van der Waals surface area contributed by atoms with Crippen LogP contribution in [-0.2, 0) is 53.4 Å². The zero-order valence-electron chi connectivity index (χ0n) is 41.6. The minimum Gasteiger partial charge on any atom is -0.496 e. The molecule has 4 aromatic carbocycles. The second-order valence-electron chi connectivity index (χ2n) is 20.8. The predicted octanol–water partition coefficient (Wildman–Crippen LogP) is 17.0. The van der Waals surface area contributed by atoms with Crippen LogP contribution in [0.25, 0.3) is 33.4 Å². The molecule has 5 rings (SSSR count). The summed E-state index contributed by atoms with van der Waals surface area (Å²) in [7, 11) is 5.96. The van der Waals surface area contributed by atoms with E-state index in [1.165, 1.54) is 14.2 Å². The standard InChI is InChI=1S/C53H64F12NO3/c1-14-16-18-49(69-13,19-17-15-2)30(3)66(10)28-39-37(26-41(47(4,5)6)45(67-11)43(39)31-20-33(50(54,55)56)24-34(21-31)51(57,58)59)38-27-42(48(7,8)9)46(68-12)44(40(38)29-66)32-22-35(52(60,61)62)25-36(23-32)53(63,64)65/h20-27,30H,14-19,28-29H2,1-13H3/q+1/t30-/m0/s1. The minimum absolute atomic E-state index is 0.00352. The van der Waals surface area contributed by atoms with Gasteiger partial charge in [0.05, 0.1) is 43.5 Å². The number of hydrogen-bond acceptors (Lipinski definition) is 3. The number of nitrogens with zero attached hydrogens (tertiary/aromatic N) is 1. The zero-order valence-corrected chi connectivity index (χ0v) is 41.6. The van der Waals surface area contributed by atoms with Gasteiger partial charge in [-0.2, -0.15) is 52.7 Å². The highest BCUT2D eigenvalue weighted by molar-refractivity contribution is 5.91. The molecule has 0 fully saturated rings. The molecule has 4 aromatic rings. The highest BCUT2D eigenvalue weighted by Gasteiger charge is 2.50. The third-order valence-electron chi connectivity index (χ3n) is 13.9. The number of unbranched alkanes of at least 4 members (excludes halogenated alkanes) is 2. The fraction of sp³-hybridized carbons (Fsp3) is 0.547. The molecule has 0 bridgehead atoms. The zero-order chi connectivity index (χ0) is 52.2. The molecule has 0 spiro atoms. The number of ether oxygens (including phenoxy) is 3. The lowest BCUT2D eigenvalue weighted by molar-refractivity contribution is -0.963. The lowest BCUT2D eigenvalue weighted by Crippen LogP contribution is -2.61. The van der Waals surface area contributed by atoms with E-state index < -0.39 is 80.6 Å². The maximum absolute atomic E-state index is 14.8. The Labute approximate surface area is 397 Å². The summed E-state index contributed by atoms with van der Waals surface area (Å²) in [6, 6.07) is 5.61. The number of fused-ring (bicyclic) bond motifs is 3. The van der Waals surface area contributed by atoms with Gasteiger partial charge in [0.15, 0.2) is 0 Å². The van der Waals surface area contributed by atoms with Crippen molar-refractivity contribution >= 4 is 0 Å². The van der Waals surface area contributed by atoms with Crippen molar-refractivity contribution < 1.29 is 71.4 Å². The van der Waals surface area contributed by atoms with Crippen molar-refractivity contribution in [2.75, 3.05) is 28.4 Å². The predicted molar refractivity (Wildman–Crippen MR) is 245 cm³/mol. The summed E-state index contributed by atoms with van der Waals surface area (Å²) in [6.45, 7) is 16.4. The van der Waals surface area contributed by atoms with Gasteiger partial charge in [-0.15, -0.1) is 0 Å². The molecular weight excluding hydrogens is 927 g/mol. The summed E-state index contributed by atoms with van der Waals surface area (Å²) in [5.41, 5.74) is -8.21. The minimum atomic E-state index is -5.22. The molecule has 0 aliphatic carbocycles. The Hall–Kier alpha value is -4.44. The van der Waals surface area contributed by atoms with Gasteiger partial charge in [-0.1, -0.05) is 81.1 Å². The van der Waals surface area contributed by atoms with Gasteiger partial charge < -0.3 is 18.7 Å². The number of halogens is 12. The van der Waals surface area contributed by atoms with E-state index in [0.29, 0.717) is 72.2 Å². The van der Waals surface area contributed by atoms with Crippen molar-refractivity contribution in [3.8, 4) is 44.9 Å². The van der Waals surface area contributed by atoms with Gasteiger partial charge in [-0.05, 0) is 101 Å². The first-order chi connectivity index (χ1) is 31.5. The normalized spacial score (nSPS) is 15.4. The van der Waals surface area contributed by atoms with E-state index in [0.717, 1.165) is 12.8 Å². The molecular formula is C53H64F12NO3+. The summed E-state index contributed by atoms with van der Waals surface area (Å²) in [5, 5.41) is 0. The monoisotopic (exact) mass is 990 g/mol. The summed E-state index contributed by atoms with van der Waals surface area (Å²) in [6.07, 6.45) is -16.9. The van der Waals surface area contributed by atoms with Crippen LogP contribution >= 0.6 is 0 Å². The van der Waals surface area contributed by atoms with Gasteiger partial charge in [0.25, 0.3) is 0 Å². The van der Waals surface area contributed by atoms with Crippen LogP contribution in [0.5, 0.6) is 11.5 Å². The van der Waals surface area contributed by atoms with Crippen molar-refractivity contribution in [1.29, 1.82) is 0 Å². The number of methoxy groups -OCH3 is 3. The fourth-order valence-corrected chi connectivity index (χ4v) is 10.1. The topological polar surface area (TPSA) is 27.7 Å². The molecule has 0 saturated heterocycles. The van der Waals surface area contributed by atoms with Crippen molar-refractivity contribution in [2.45, 2.75) is 161 Å². The lowest BCUT2D eigenvalue weighted by atomic mass is 9.76. The van der Waals surface area contributed by atoms with Crippen molar-refractivity contribution in [2.24, 2.45) is 0 Å². The average Bonchev–Trinajstić information content (AvgIpc) is 3.36. The Bertz CT molecular complexity index is 2280. The maximum atomic E-state index is 14.8. The molecule has 382 valence electrons. The van der Waals surface area contributed by atoms with E-state index in [1.807, 2.05) is 27.8 Å². The van der Waals surface area contributed by atoms with Crippen LogP contribution in [0.2, 0.25) is 0 Å². The van der Waals surface area contributed by atoms with Crippen LogP contribution < -0.4 is 9.47 Å². The van der Waals surface area contributed by atoms with Crippen molar-refractivity contribution in [1.82, 2.24) is 0 Å². The second-order valence-corrected chi connectivity index (χ2v) is 20.8. The van der Waals surface area contributed by atoms with Crippen molar-refractivity contribution in [3.05, 3.63) is 93.0 Å². The Morgan fingerprint density at radius 3 is 1.04 bits per heavy atom. The Balaban J connectivity index is 2.21. The number of likely N-dealkylation sites (N-methyl/N-ethyl adjacent to an activating group) is 1. The van der Waals surface area contributed by atoms with Crippen LogP contribution in [0.15, 0.2) is 48.5 Å². The third kappa shape index (κ3) is 11.2. The molecule has 0 amide bonds. The van der Waals surface area contributed by atoms with Gasteiger partial charge in [0.1, 0.15) is 36.2 Å². The molecule has 4 nitrogen and oxygen atoms in total. The quantitative estimate of drug-likeness (QED) is 0.0987. The van der Waals surface area contributed by atoms with Crippen LogP contribution in [0.3, 0.4) is 0 Å². The van der Waals surface area contributed by atoms with Gasteiger partial charge in [-0.3, -0.25) is 0 Å². The molecule has 1 aliphatic rings. The largest absolute Gasteiger partial charge is 0.496 e. The molecule has 1 aliphatic heterocycles. The molecule has 0 aromatic heterocycles. The highest BCUT2D eigenvalue weighted by atomic mass is 19.4. The highest BCUT2D eigenvalue weighted by Crippen LogP contribution is 2.56. The number of rotatable bonds is 13. The van der Waals surface area contributed by atoms with E-state index in [2.05, 4.69) is 0 Å². The summed E-state index contributed by atoms with van der Waals surface area (Å²) < 4.78 is 196. The van der Waals surface area contributed by atoms with E-state index in [9.17, 15) is 52.7 Å². The number of alkyl halides is 12. The van der Waals surface area contributed by atoms with Crippen LogP contribution in [-0.4, -0.2) is 44.5 Å². The number of benzene rings is 4. The van der Waals surface area contributed by atoms with E-state index >= 15 is 0 Å². The third-order valence-corrected chi connectivity index (χ3v) is 13.9. The maximum Gasteiger partial charge on any atom is 0.416 e. The van der Waals surface area contributed by atoms with E-state index in [4.69, 9.17) is 14.2 Å². The Morgan fingerprint density at radius 2 is 0.812 bits per heavy atom. The SMILES string of the molecule is CCCCC(CCCC)(OC)[C@H](C)[N+]1(C)Cc2c(cc(C(C)(C)C)c(OC)c2-c2cc(C(F)(F)F)cc(C(F)(F)F)c2)-c2cc(C(C)(C)C)c(OC)c(-c3cc(C(F)(F)F)cc(C(F)(F)F)c3)c2C1. The second kappa shape index (κ2) is 19.3. The molecule has 0 saturated carbocycles. The molecule has 1 atom stereocenters. The Morgan fingerprint density at radius 1 is 0.507 bits per heavy atom. The summed E-state index contributed by atoms with van der Waals surface area (Å²) in [5.74, 6) is 0.00704. The lowest BCUT2D eigenvalue weighted by Gasteiger charge is -2.49. The molecule has 0 unspecified atom stereocenters. The van der Waals surface area contributed by atoms with Crippen LogP contribution in [0.4, 0.5) is 52.7 Å². The first kappa shape index (κ1) is 55.5. The molecule has 0 radical (unpaired) electrons. The summed E-state index contributed by atoms with van der Waals surface area (Å²) in [4.78, 5) is 0. The van der Waals surface area contributed by atoms with Crippen molar-refractivity contribution in [3.63, 3.8) is 0 Å². The number of hydrogen-bond donors (Lipinski definition) is 0. The first-order valence-electron chi connectivity index (χ1n) is 23.0. The number of quaternary nitrogens is 1.